The molecule has 1 aliphatic carbocycles. The van der Waals surface area contributed by atoms with Crippen molar-refractivity contribution in [3.8, 4) is 0 Å². The molecule has 1 aromatic rings. The summed E-state index contributed by atoms with van der Waals surface area (Å²) in [5.74, 6) is 0.282. The second kappa shape index (κ2) is 2.92. The normalized spacial score (nSPS) is 33.7. The summed E-state index contributed by atoms with van der Waals surface area (Å²) in [6.07, 6.45) is 2.50. The minimum absolute atomic E-state index is 0.146. The van der Waals surface area contributed by atoms with Crippen LogP contribution in [0, 0.1) is 6.92 Å². The highest BCUT2D eigenvalue weighted by atomic mass is 16.6. The summed E-state index contributed by atoms with van der Waals surface area (Å²) >= 11 is 0. The van der Waals surface area contributed by atoms with Crippen LogP contribution in [-0.4, -0.2) is 11.9 Å². The highest BCUT2D eigenvalue weighted by Crippen LogP contribution is 2.54. The zero-order valence-corrected chi connectivity index (χ0v) is 8.82. The summed E-state index contributed by atoms with van der Waals surface area (Å²) in [5, 5.41) is 0. The number of hydrogen-bond donors (Lipinski definition) is 0. The van der Waals surface area contributed by atoms with Crippen molar-refractivity contribution in [2.24, 2.45) is 0 Å². The average Bonchev–Trinajstić information content (AvgIpc) is 2.96. The van der Waals surface area contributed by atoms with Crippen LogP contribution < -0.4 is 0 Å². The maximum absolute atomic E-state index is 11.6. The fourth-order valence-electron chi connectivity index (χ4n) is 2.74. The van der Waals surface area contributed by atoms with Crippen LogP contribution >= 0.6 is 0 Å². The Hall–Kier alpha value is -1.15. The lowest BCUT2D eigenvalue weighted by Gasteiger charge is -2.18. The maximum atomic E-state index is 11.6. The lowest BCUT2D eigenvalue weighted by atomic mass is 9.81. The average molecular weight is 202 g/mol. The van der Waals surface area contributed by atoms with Gasteiger partial charge >= 0.3 is 0 Å². The SMILES string of the molecule is Cc1ccccc1C12CCCC(=O)C1O2. The van der Waals surface area contributed by atoms with Crippen molar-refractivity contribution in [3.05, 3.63) is 35.4 Å². The van der Waals surface area contributed by atoms with Gasteiger partial charge in [0.05, 0.1) is 0 Å². The van der Waals surface area contributed by atoms with Crippen LogP contribution in [-0.2, 0) is 15.1 Å². The molecule has 2 atom stereocenters. The number of rotatable bonds is 1. The molecular formula is C13H14O2. The molecule has 2 heteroatoms. The van der Waals surface area contributed by atoms with Gasteiger partial charge in [0.2, 0.25) is 0 Å². The number of fused-ring (bicyclic) bond motifs is 1. The van der Waals surface area contributed by atoms with Crippen LogP contribution in [0.2, 0.25) is 0 Å². The van der Waals surface area contributed by atoms with E-state index in [1.165, 1.54) is 11.1 Å². The Morgan fingerprint density at radius 1 is 1.40 bits per heavy atom. The number of ether oxygens (including phenoxy) is 1. The fraction of sp³-hybridized carbons (Fsp3) is 0.462. The number of ketones is 1. The van der Waals surface area contributed by atoms with Gasteiger partial charge in [-0.3, -0.25) is 4.79 Å². The first-order valence-electron chi connectivity index (χ1n) is 5.51. The first-order chi connectivity index (χ1) is 7.24. The molecule has 15 heavy (non-hydrogen) atoms. The van der Waals surface area contributed by atoms with Gasteiger partial charge in [0.1, 0.15) is 5.60 Å². The van der Waals surface area contributed by atoms with Crippen molar-refractivity contribution in [2.45, 2.75) is 37.9 Å². The summed E-state index contributed by atoms with van der Waals surface area (Å²) in [6, 6.07) is 8.22. The van der Waals surface area contributed by atoms with Gasteiger partial charge in [0, 0.05) is 6.42 Å². The van der Waals surface area contributed by atoms with E-state index in [-0.39, 0.29) is 17.5 Å². The molecule has 1 heterocycles. The summed E-state index contributed by atoms with van der Waals surface area (Å²) < 4.78 is 5.70. The van der Waals surface area contributed by atoms with E-state index < -0.39 is 0 Å². The van der Waals surface area contributed by atoms with Crippen molar-refractivity contribution in [1.29, 1.82) is 0 Å². The lowest BCUT2D eigenvalue weighted by molar-refractivity contribution is -0.120. The molecule has 0 amide bonds. The number of benzene rings is 1. The predicted octanol–water partition coefficient (Wildman–Crippen LogP) is 2.34. The summed E-state index contributed by atoms with van der Waals surface area (Å²) in [4.78, 5) is 11.6. The molecule has 0 radical (unpaired) electrons. The Balaban J connectivity index is 2.02. The van der Waals surface area contributed by atoms with Gasteiger partial charge in [-0.1, -0.05) is 24.3 Å². The van der Waals surface area contributed by atoms with Crippen LogP contribution in [0.15, 0.2) is 24.3 Å². The Morgan fingerprint density at radius 2 is 2.20 bits per heavy atom. The Labute approximate surface area is 89.2 Å². The molecule has 1 saturated heterocycles. The largest absolute Gasteiger partial charge is 0.353 e. The number of hydrogen-bond acceptors (Lipinski definition) is 2. The molecule has 2 unspecified atom stereocenters. The van der Waals surface area contributed by atoms with Gasteiger partial charge in [-0.05, 0) is 30.9 Å². The molecule has 0 spiro atoms. The van der Waals surface area contributed by atoms with E-state index in [1.807, 2.05) is 12.1 Å². The second-order valence-corrected chi connectivity index (χ2v) is 4.52. The Kier molecular flexibility index (Phi) is 1.77. The predicted molar refractivity (Wildman–Crippen MR) is 56.6 cm³/mol. The standard InChI is InChI=1S/C13H14O2/c1-9-5-2-3-6-10(9)13-8-4-7-11(14)12(13)15-13/h2-3,5-6,12H,4,7-8H2,1H3. The van der Waals surface area contributed by atoms with Gasteiger partial charge in [-0.15, -0.1) is 0 Å². The third-order valence-corrected chi connectivity index (χ3v) is 3.56. The zero-order chi connectivity index (χ0) is 10.5. The van der Waals surface area contributed by atoms with Crippen molar-refractivity contribution < 1.29 is 9.53 Å². The molecule has 0 bridgehead atoms. The number of epoxide rings is 1. The van der Waals surface area contributed by atoms with Crippen LogP contribution in [0.25, 0.3) is 0 Å². The second-order valence-electron chi connectivity index (χ2n) is 4.52. The van der Waals surface area contributed by atoms with E-state index in [4.69, 9.17) is 4.74 Å². The highest BCUT2D eigenvalue weighted by Gasteiger charge is 2.62. The molecule has 1 aliphatic heterocycles. The van der Waals surface area contributed by atoms with Crippen LogP contribution in [0.1, 0.15) is 30.4 Å². The monoisotopic (exact) mass is 202 g/mol. The first kappa shape index (κ1) is 9.10. The van der Waals surface area contributed by atoms with Crippen molar-refractivity contribution >= 4 is 5.78 Å². The number of aryl methyl sites for hydroxylation is 1. The third-order valence-electron chi connectivity index (χ3n) is 3.56. The van der Waals surface area contributed by atoms with E-state index in [2.05, 4.69) is 19.1 Å². The van der Waals surface area contributed by atoms with E-state index in [0.717, 1.165) is 12.8 Å². The molecule has 78 valence electrons. The zero-order valence-electron chi connectivity index (χ0n) is 8.82. The lowest BCUT2D eigenvalue weighted by Crippen LogP contribution is -2.25. The summed E-state index contributed by atoms with van der Waals surface area (Å²) in [7, 11) is 0. The van der Waals surface area contributed by atoms with Crippen molar-refractivity contribution in [2.75, 3.05) is 0 Å². The number of Topliss-reactive ketones (excluding diaryl/α,β-unsaturated/α-hetero) is 1. The number of carbonyl (C=O) groups is 1. The summed E-state index contributed by atoms with van der Waals surface area (Å²) in [5.41, 5.74) is 2.19. The van der Waals surface area contributed by atoms with E-state index in [0.29, 0.717) is 6.42 Å². The van der Waals surface area contributed by atoms with Crippen molar-refractivity contribution in [1.82, 2.24) is 0 Å². The molecule has 2 aliphatic rings. The van der Waals surface area contributed by atoms with Crippen LogP contribution in [0.4, 0.5) is 0 Å². The molecule has 2 fully saturated rings. The molecule has 2 nitrogen and oxygen atoms in total. The van der Waals surface area contributed by atoms with Gasteiger partial charge in [0.15, 0.2) is 11.9 Å². The van der Waals surface area contributed by atoms with E-state index >= 15 is 0 Å². The molecule has 0 aromatic heterocycles. The van der Waals surface area contributed by atoms with E-state index in [1.54, 1.807) is 0 Å². The summed E-state index contributed by atoms with van der Waals surface area (Å²) in [6.45, 7) is 2.09. The number of carbonyl (C=O) groups excluding carboxylic acids is 1. The quantitative estimate of drug-likeness (QED) is 0.654. The van der Waals surface area contributed by atoms with Crippen LogP contribution in [0.3, 0.4) is 0 Å². The van der Waals surface area contributed by atoms with Crippen molar-refractivity contribution in [3.63, 3.8) is 0 Å². The smallest absolute Gasteiger partial charge is 0.164 e. The maximum Gasteiger partial charge on any atom is 0.164 e. The minimum atomic E-state index is -0.249. The van der Waals surface area contributed by atoms with Crippen LogP contribution in [0.5, 0.6) is 0 Å². The first-order valence-corrected chi connectivity index (χ1v) is 5.51. The minimum Gasteiger partial charge on any atom is -0.353 e. The molecule has 1 aromatic carbocycles. The van der Waals surface area contributed by atoms with Gasteiger partial charge in [-0.25, -0.2) is 0 Å². The van der Waals surface area contributed by atoms with Gasteiger partial charge in [0.25, 0.3) is 0 Å². The van der Waals surface area contributed by atoms with E-state index in [9.17, 15) is 4.79 Å². The molecule has 1 saturated carbocycles. The molecular weight excluding hydrogens is 188 g/mol. The molecule has 0 N–H and O–H groups in total. The van der Waals surface area contributed by atoms with Gasteiger partial charge < -0.3 is 4.74 Å². The topological polar surface area (TPSA) is 29.6 Å². The third kappa shape index (κ3) is 1.18. The Morgan fingerprint density at radius 3 is 3.00 bits per heavy atom. The molecule has 3 rings (SSSR count). The fourth-order valence-corrected chi connectivity index (χ4v) is 2.74. The van der Waals surface area contributed by atoms with Gasteiger partial charge in [-0.2, -0.15) is 0 Å². The Bertz CT molecular complexity index is 424. The highest BCUT2D eigenvalue weighted by molar-refractivity contribution is 5.88.